The van der Waals surface area contributed by atoms with Gasteiger partial charge < -0.3 is 8.83 Å². The summed E-state index contributed by atoms with van der Waals surface area (Å²) in [4.78, 5) is 0. The van der Waals surface area contributed by atoms with Crippen LogP contribution in [-0.2, 0) is 0 Å². The first-order valence-electron chi connectivity index (χ1n) is 17.1. The molecule has 0 unspecified atom stereocenters. The lowest BCUT2D eigenvalue weighted by Crippen LogP contribution is -1.92. The van der Waals surface area contributed by atoms with Gasteiger partial charge in [0, 0.05) is 49.4 Å². The van der Waals surface area contributed by atoms with Crippen LogP contribution in [-0.4, -0.2) is 0 Å². The second-order valence-corrected chi connectivity index (χ2v) is 13.1. The molecule has 11 aromatic rings. The molecule has 0 atom stereocenters. The van der Waals surface area contributed by atoms with Crippen molar-refractivity contribution in [3.8, 4) is 33.6 Å². The van der Waals surface area contributed by atoms with Crippen LogP contribution < -0.4 is 0 Å². The van der Waals surface area contributed by atoms with Crippen molar-refractivity contribution in [2.75, 3.05) is 0 Å². The van der Waals surface area contributed by atoms with Gasteiger partial charge in [0.1, 0.15) is 22.5 Å². The Kier molecular flexibility index (Phi) is 5.70. The molecule has 2 heteroatoms. The van der Waals surface area contributed by atoms with E-state index in [0.717, 1.165) is 55.4 Å². The number of rotatable bonds is 3. The molecule has 2 aromatic heterocycles. The molecule has 0 aliphatic rings. The summed E-state index contributed by atoms with van der Waals surface area (Å²) < 4.78 is 13.6. The van der Waals surface area contributed by atoms with Gasteiger partial charge in [-0.15, -0.1) is 0 Å². The van der Waals surface area contributed by atoms with Crippen molar-refractivity contribution in [2.45, 2.75) is 0 Å². The first kappa shape index (κ1) is 27.3. The lowest BCUT2D eigenvalue weighted by Gasteiger charge is -2.19. The minimum absolute atomic E-state index is 0.879. The highest BCUT2D eigenvalue weighted by atomic mass is 16.3. The van der Waals surface area contributed by atoms with E-state index in [2.05, 4.69) is 164 Å². The molecule has 0 saturated heterocycles. The van der Waals surface area contributed by atoms with Crippen LogP contribution in [0.25, 0.3) is 110 Å². The highest BCUT2D eigenvalue weighted by Gasteiger charge is 2.26. The van der Waals surface area contributed by atoms with Crippen LogP contribution in [0.3, 0.4) is 0 Å². The van der Waals surface area contributed by atoms with Crippen LogP contribution >= 0.6 is 0 Å². The summed E-state index contributed by atoms with van der Waals surface area (Å²) in [6.07, 6.45) is 0. The zero-order chi connectivity index (χ0) is 32.8. The zero-order valence-electron chi connectivity index (χ0n) is 27.0. The predicted octanol–water partition coefficient (Wildman–Crippen LogP) is 13.9. The number of hydrogen-bond donors (Lipinski definition) is 0. The minimum Gasteiger partial charge on any atom is -0.455 e. The van der Waals surface area contributed by atoms with Gasteiger partial charge in [0.25, 0.3) is 0 Å². The van der Waals surface area contributed by atoms with Crippen LogP contribution in [0.5, 0.6) is 0 Å². The Morgan fingerprint density at radius 2 is 0.840 bits per heavy atom. The molecule has 0 N–H and O–H groups in total. The van der Waals surface area contributed by atoms with Crippen LogP contribution in [0.1, 0.15) is 0 Å². The number of fused-ring (bicyclic) bond motifs is 10. The van der Waals surface area contributed by atoms with Crippen LogP contribution in [0.4, 0.5) is 0 Å². The minimum atomic E-state index is 0.879. The van der Waals surface area contributed by atoms with Gasteiger partial charge in [-0.05, 0) is 55.9 Å². The molecule has 0 aliphatic heterocycles. The molecule has 0 bridgehead atoms. The molecule has 0 aliphatic carbocycles. The molecular formula is C48H28O2. The third-order valence-corrected chi connectivity index (χ3v) is 10.4. The summed E-state index contributed by atoms with van der Waals surface area (Å²) >= 11 is 0. The fourth-order valence-corrected chi connectivity index (χ4v) is 8.35. The van der Waals surface area contributed by atoms with Crippen LogP contribution in [0, 0.1) is 0 Å². The summed E-state index contributed by atoms with van der Waals surface area (Å²) in [7, 11) is 0. The Hall–Kier alpha value is -6.64. The van der Waals surface area contributed by atoms with E-state index in [1.807, 2.05) is 6.07 Å². The average Bonchev–Trinajstić information content (AvgIpc) is 3.76. The average molecular weight is 637 g/mol. The Bertz CT molecular complexity index is 3080. The molecule has 11 rings (SSSR count). The second kappa shape index (κ2) is 10.4. The maximum Gasteiger partial charge on any atom is 0.143 e. The lowest BCUT2D eigenvalue weighted by molar-refractivity contribution is 0.632. The smallest absolute Gasteiger partial charge is 0.143 e. The standard InChI is InChI=1S/C48H28O2/c1-2-15-30(16-3-1)47-46(38-23-11-12-24-40(38)49-47)44-35-20-8-6-18-33(35)43(34-19-7-9-21-36(34)44)39-28-31-27-26-29-14-4-5-17-32(29)42(31)45-37-22-10-13-25-41(37)50-48(39)45/h1-28H. The summed E-state index contributed by atoms with van der Waals surface area (Å²) in [5.41, 5.74) is 8.31. The molecule has 2 heterocycles. The Labute approximate surface area is 287 Å². The lowest BCUT2D eigenvalue weighted by atomic mass is 9.83. The molecule has 0 fully saturated rings. The first-order chi connectivity index (χ1) is 24.8. The van der Waals surface area contributed by atoms with Crippen molar-refractivity contribution in [3.63, 3.8) is 0 Å². The van der Waals surface area contributed by atoms with Crippen molar-refractivity contribution < 1.29 is 8.83 Å². The fourth-order valence-electron chi connectivity index (χ4n) is 8.35. The van der Waals surface area contributed by atoms with Crippen molar-refractivity contribution in [1.29, 1.82) is 0 Å². The topological polar surface area (TPSA) is 26.3 Å². The quantitative estimate of drug-likeness (QED) is 0.142. The molecule has 0 spiro atoms. The monoisotopic (exact) mass is 636 g/mol. The van der Waals surface area contributed by atoms with Crippen molar-refractivity contribution in [3.05, 3.63) is 170 Å². The highest BCUT2D eigenvalue weighted by Crippen LogP contribution is 2.52. The van der Waals surface area contributed by atoms with Gasteiger partial charge in [0.2, 0.25) is 0 Å². The molecule has 0 saturated carbocycles. The van der Waals surface area contributed by atoms with Crippen molar-refractivity contribution in [2.24, 2.45) is 0 Å². The predicted molar refractivity (Wildman–Crippen MR) is 210 cm³/mol. The van der Waals surface area contributed by atoms with Gasteiger partial charge in [-0.1, -0.05) is 152 Å². The van der Waals surface area contributed by atoms with Gasteiger partial charge in [0.05, 0.1) is 0 Å². The van der Waals surface area contributed by atoms with Gasteiger partial charge in [-0.25, -0.2) is 0 Å². The van der Waals surface area contributed by atoms with Crippen LogP contribution in [0.2, 0.25) is 0 Å². The van der Waals surface area contributed by atoms with Gasteiger partial charge >= 0.3 is 0 Å². The third kappa shape index (κ3) is 3.79. The fraction of sp³-hybridized carbons (Fsp3) is 0. The molecule has 232 valence electrons. The number of benzene rings is 9. The van der Waals surface area contributed by atoms with E-state index in [1.54, 1.807) is 0 Å². The second-order valence-electron chi connectivity index (χ2n) is 13.1. The van der Waals surface area contributed by atoms with E-state index < -0.39 is 0 Å². The van der Waals surface area contributed by atoms with E-state index in [-0.39, 0.29) is 0 Å². The molecule has 0 radical (unpaired) electrons. The summed E-state index contributed by atoms with van der Waals surface area (Å²) in [6.45, 7) is 0. The van der Waals surface area contributed by atoms with E-state index >= 15 is 0 Å². The maximum absolute atomic E-state index is 6.91. The number of furan rings is 2. The SMILES string of the molecule is c1ccc(-c2oc3ccccc3c2-c2c3ccccc3c(-c3cc4ccc5ccccc5c4c4c3oc3ccccc34)c3ccccc23)cc1. The van der Waals surface area contributed by atoms with Crippen LogP contribution in [0.15, 0.2) is 179 Å². The first-order valence-corrected chi connectivity index (χ1v) is 17.1. The van der Waals surface area contributed by atoms with Crippen molar-refractivity contribution >= 4 is 76.0 Å². The molecular weight excluding hydrogens is 609 g/mol. The normalized spacial score (nSPS) is 12.0. The molecule has 9 aromatic carbocycles. The van der Waals surface area contributed by atoms with Crippen molar-refractivity contribution in [1.82, 2.24) is 0 Å². The number of para-hydroxylation sites is 2. The molecule has 2 nitrogen and oxygen atoms in total. The Balaban J connectivity index is 1.33. The van der Waals surface area contributed by atoms with Gasteiger partial charge in [0.15, 0.2) is 0 Å². The summed E-state index contributed by atoms with van der Waals surface area (Å²) in [6, 6.07) is 60.5. The molecule has 50 heavy (non-hydrogen) atoms. The third-order valence-electron chi connectivity index (χ3n) is 10.4. The Morgan fingerprint density at radius 3 is 1.54 bits per heavy atom. The van der Waals surface area contributed by atoms with Gasteiger partial charge in [-0.2, -0.15) is 0 Å². The van der Waals surface area contributed by atoms with E-state index in [0.29, 0.717) is 0 Å². The summed E-state index contributed by atoms with van der Waals surface area (Å²) in [5, 5.41) is 13.0. The Morgan fingerprint density at radius 1 is 0.320 bits per heavy atom. The molecule has 0 amide bonds. The summed E-state index contributed by atoms with van der Waals surface area (Å²) in [5.74, 6) is 0.882. The van der Waals surface area contributed by atoms with E-state index in [1.165, 1.54) is 54.2 Å². The van der Waals surface area contributed by atoms with E-state index in [4.69, 9.17) is 8.83 Å². The van der Waals surface area contributed by atoms with Gasteiger partial charge in [-0.3, -0.25) is 0 Å². The number of hydrogen-bond acceptors (Lipinski definition) is 2. The zero-order valence-corrected chi connectivity index (χ0v) is 27.0. The van der Waals surface area contributed by atoms with E-state index in [9.17, 15) is 0 Å². The maximum atomic E-state index is 6.91. The largest absolute Gasteiger partial charge is 0.455 e. The highest BCUT2D eigenvalue weighted by molar-refractivity contribution is 6.32.